The fourth-order valence-electron chi connectivity index (χ4n) is 1.48. The Kier molecular flexibility index (Phi) is 4.94. The summed E-state index contributed by atoms with van der Waals surface area (Å²) in [5.41, 5.74) is 5.90. The van der Waals surface area contributed by atoms with E-state index < -0.39 is 24.5 Å². The molecule has 1 aromatic carbocycles. The van der Waals surface area contributed by atoms with Gasteiger partial charge in [-0.2, -0.15) is 13.2 Å². The number of rotatable bonds is 4. The summed E-state index contributed by atoms with van der Waals surface area (Å²) in [5.74, 6) is -0.493. The lowest BCUT2D eigenvalue weighted by atomic mass is 10.0. The summed E-state index contributed by atoms with van der Waals surface area (Å²) < 4.78 is 49.8. The first kappa shape index (κ1) is 14.4. The van der Waals surface area contributed by atoms with Gasteiger partial charge in [0, 0.05) is 22.5 Å². The van der Waals surface area contributed by atoms with Crippen molar-refractivity contribution in [3.05, 3.63) is 34.1 Å². The summed E-state index contributed by atoms with van der Waals surface area (Å²) in [7, 11) is 0. The first-order chi connectivity index (χ1) is 7.79. The summed E-state index contributed by atoms with van der Waals surface area (Å²) in [4.78, 5) is 0. The van der Waals surface area contributed by atoms with Crippen LogP contribution in [0.3, 0.4) is 0 Å². The van der Waals surface area contributed by atoms with Crippen LogP contribution in [0.1, 0.15) is 30.9 Å². The van der Waals surface area contributed by atoms with Crippen molar-refractivity contribution in [2.45, 2.75) is 31.5 Å². The van der Waals surface area contributed by atoms with Crippen molar-refractivity contribution in [1.29, 1.82) is 0 Å². The normalized spacial score (nSPS) is 13.8. The third-order valence-electron chi connectivity index (χ3n) is 2.33. The van der Waals surface area contributed by atoms with Crippen LogP contribution in [0.5, 0.6) is 0 Å². The maximum Gasteiger partial charge on any atom is 0.389 e. The molecule has 0 saturated heterocycles. The number of hydrogen-bond acceptors (Lipinski definition) is 1. The highest BCUT2D eigenvalue weighted by atomic mass is 79.9. The first-order valence-corrected chi connectivity index (χ1v) is 5.86. The molecule has 0 amide bonds. The Balaban J connectivity index is 2.58. The van der Waals surface area contributed by atoms with Crippen molar-refractivity contribution in [1.82, 2.24) is 0 Å². The summed E-state index contributed by atoms with van der Waals surface area (Å²) >= 11 is 3.16. The van der Waals surface area contributed by atoms with Gasteiger partial charge in [-0.05, 0) is 31.0 Å². The van der Waals surface area contributed by atoms with E-state index in [0.717, 1.165) is 0 Å². The minimum Gasteiger partial charge on any atom is -0.324 e. The molecule has 6 heteroatoms. The second-order valence-corrected chi connectivity index (χ2v) is 4.70. The predicted octanol–water partition coefficient (Wildman–Crippen LogP) is 4.32. The molecule has 0 radical (unpaired) electrons. The van der Waals surface area contributed by atoms with Gasteiger partial charge in [-0.15, -0.1) is 0 Å². The van der Waals surface area contributed by atoms with Crippen LogP contribution < -0.4 is 5.73 Å². The van der Waals surface area contributed by atoms with E-state index in [1.165, 1.54) is 18.2 Å². The summed E-state index contributed by atoms with van der Waals surface area (Å²) in [6.45, 7) is 0. The molecule has 96 valence electrons. The van der Waals surface area contributed by atoms with Gasteiger partial charge in [-0.1, -0.05) is 15.9 Å². The van der Waals surface area contributed by atoms with Gasteiger partial charge in [0.2, 0.25) is 0 Å². The molecule has 2 N–H and O–H groups in total. The third-order valence-corrected chi connectivity index (χ3v) is 2.83. The van der Waals surface area contributed by atoms with Gasteiger partial charge in [0.15, 0.2) is 0 Å². The minimum absolute atomic E-state index is 0.101. The Morgan fingerprint density at radius 1 is 1.29 bits per heavy atom. The van der Waals surface area contributed by atoms with Gasteiger partial charge in [0.1, 0.15) is 5.82 Å². The van der Waals surface area contributed by atoms with Crippen LogP contribution in [0.2, 0.25) is 0 Å². The lowest BCUT2D eigenvalue weighted by molar-refractivity contribution is -0.135. The van der Waals surface area contributed by atoms with Gasteiger partial charge in [0.05, 0.1) is 0 Å². The van der Waals surface area contributed by atoms with Crippen molar-refractivity contribution in [2.24, 2.45) is 5.73 Å². The third kappa shape index (κ3) is 5.04. The molecule has 17 heavy (non-hydrogen) atoms. The molecule has 1 nitrogen and oxygen atoms in total. The van der Waals surface area contributed by atoms with Crippen LogP contribution in [0, 0.1) is 5.82 Å². The fraction of sp³-hybridized carbons (Fsp3) is 0.455. The highest BCUT2D eigenvalue weighted by Gasteiger charge is 2.26. The van der Waals surface area contributed by atoms with Crippen molar-refractivity contribution >= 4 is 15.9 Å². The number of nitrogens with two attached hydrogens (primary N) is 1. The highest BCUT2D eigenvalue weighted by Crippen LogP contribution is 2.27. The number of alkyl halides is 3. The van der Waals surface area contributed by atoms with E-state index in [1.54, 1.807) is 0 Å². The lowest BCUT2D eigenvalue weighted by Gasteiger charge is -2.14. The van der Waals surface area contributed by atoms with Crippen LogP contribution in [0.4, 0.5) is 17.6 Å². The van der Waals surface area contributed by atoms with Gasteiger partial charge >= 0.3 is 6.18 Å². The van der Waals surface area contributed by atoms with E-state index in [0.29, 0.717) is 4.47 Å². The van der Waals surface area contributed by atoms with Crippen molar-refractivity contribution < 1.29 is 17.6 Å². The van der Waals surface area contributed by atoms with Crippen molar-refractivity contribution in [2.75, 3.05) is 0 Å². The SMILES string of the molecule is NC(CCCC(F)(F)F)c1cc(Br)ccc1F. The van der Waals surface area contributed by atoms with Crippen molar-refractivity contribution in [3.8, 4) is 0 Å². The van der Waals surface area contributed by atoms with Gasteiger partial charge in [0.25, 0.3) is 0 Å². The molecule has 0 heterocycles. The van der Waals surface area contributed by atoms with E-state index in [4.69, 9.17) is 5.73 Å². The Hall–Kier alpha value is -0.620. The van der Waals surface area contributed by atoms with E-state index >= 15 is 0 Å². The Labute approximate surface area is 105 Å². The molecule has 0 bridgehead atoms. The maximum atomic E-state index is 13.4. The molecule has 1 aromatic rings. The molecule has 1 atom stereocenters. The fourth-order valence-corrected chi connectivity index (χ4v) is 1.86. The maximum absolute atomic E-state index is 13.4. The zero-order valence-electron chi connectivity index (χ0n) is 8.90. The van der Waals surface area contributed by atoms with Crippen molar-refractivity contribution in [3.63, 3.8) is 0 Å². The molecule has 0 saturated carbocycles. The van der Waals surface area contributed by atoms with Gasteiger partial charge < -0.3 is 5.73 Å². The first-order valence-electron chi connectivity index (χ1n) is 5.07. The van der Waals surface area contributed by atoms with E-state index in [-0.39, 0.29) is 18.4 Å². The Morgan fingerprint density at radius 2 is 1.94 bits per heavy atom. The standard InChI is InChI=1S/C11H12BrF4N/c12-7-3-4-9(13)8(6-7)10(17)2-1-5-11(14,15)16/h3-4,6,10H,1-2,5,17H2. The van der Waals surface area contributed by atoms with Crippen LogP contribution in [0.25, 0.3) is 0 Å². The zero-order chi connectivity index (χ0) is 13.1. The second-order valence-electron chi connectivity index (χ2n) is 3.78. The molecular formula is C11H12BrF4N. The molecular weight excluding hydrogens is 302 g/mol. The smallest absolute Gasteiger partial charge is 0.324 e. The van der Waals surface area contributed by atoms with E-state index in [1.807, 2.05) is 0 Å². The molecule has 1 rings (SSSR count). The van der Waals surface area contributed by atoms with Gasteiger partial charge in [-0.25, -0.2) is 4.39 Å². The molecule has 0 spiro atoms. The van der Waals surface area contributed by atoms with E-state index in [2.05, 4.69) is 15.9 Å². The molecule has 0 aliphatic heterocycles. The van der Waals surface area contributed by atoms with E-state index in [9.17, 15) is 17.6 Å². The topological polar surface area (TPSA) is 26.0 Å². The van der Waals surface area contributed by atoms with Crippen LogP contribution in [-0.4, -0.2) is 6.18 Å². The summed E-state index contributed by atoms with van der Waals surface area (Å²) in [6.07, 6.45) is -5.07. The van der Waals surface area contributed by atoms with Crippen LogP contribution >= 0.6 is 15.9 Å². The second kappa shape index (κ2) is 5.82. The molecule has 0 aliphatic rings. The van der Waals surface area contributed by atoms with Gasteiger partial charge in [-0.3, -0.25) is 0 Å². The quantitative estimate of drug-likeness (QED) is 0.823. The Bertz CT molecular complexity index is 378. The highest BCUT2D eigenvalue weighted by molar-refractivity contribution is 9.10. The van der Waals surface area contributed by atoms with Crippen LogP contribution in [-0.2, 0) is 0 Å². The molecule has 0 aliphatic carbocycles. The Morgan fingerprint density at radius 3 is 2.53 bits per heavy atom. The zero-order valence-corrected chi connectivity index (χ0v) is 10.5. The summed E-state index contributed by atoms with van der Waals surface area (Å²) in [6, 6.07) is 3.53. The number of benzene rings is 1. The molecule has 0 aromatic heterocycles. The molecule has 0 fully saturated rings. The number of hydrogen-bond donors (Lipinski definition) is 1. The lowest BCUT2D eigenvalue weighted by Crippen LogP contribution is -2.14. The average molecular weight is 314 g/mol. The predicted molar refractivity (Wildman–Crippen MR) is 60.9 cm³/mol. The number of halogens is 5. The molecule has 1 unspecified atom stereocenters. The summed E-state index contributed by atoms with van der Waals surface area (Å²) in [5, 5.41) is 0. The average Bonchev–Trinajstić information content (AvgIpc) is 2.19. The largest absolute Gasteiger partial charge is 0.389 e. The van der Waals surface area contributed by atoms with Crippen LogP contribution in [0.15, 0.2) is 22.7 Å². The monoisotopic (exact) mass is 313 g/mol. The minimum atomic E-state index is -4.18.